The van der Waals surface area contributed by atoms with Crippen molar-refractivity contribution in [3.8, 4) is 0 Å². The van der Waals surface area contributed by atoms with Crippen LogP contribution in [0.3, 0.4) is 0 Å². The van der Waals surface area contributed by atoms with Crippen LogP contribution < -0.4 is 0 Å². The van der Waals surface area contributed by atoms with E-state index in [2.05, 4.69) is 13.8 Å². The third kappa shape index (κ3) is 4.06. The van der Waals surface area contributed by atoms with Crippen LogP contribution >= 0.6 is 0 Å². The van der Waals surface area contributed by atoms with E-state index in [4.69, 9.17) is 28.4 Å². The summed E-state index contributed by atoms with van der Waals surface area (Å²) in [6.45, 7) is 7.74. The highest BCUT2D eigenvalue weighted by molar-refractivity contribution is 5.83. The molecule has 2 saturated carbocycles. The van der Waals surface area contributed by atoms with Gasteiger partial charge in [0.25, 0.3) is 0 Å². The third-order valence-electron chi connectivity index (χ3n) is 10.3. The predicted molar refractivity (Wildman–Crippen MR) is 135 cm³/mol. The average Bonchev–Trinajstić information content (AvgIpc) is 3.79. The molecule has 10 heteroatoms. The largest absolute Gasteiger partial charge is 0.462 e. The van der Waals surface area contributed by atoms with Gasteiger partial charge in [-0.3, -0.25) is 0 Å². The number of aliphatic hydroxyl groups is 2. The van der Waals surface area contributed by atoms with Gasteiger partial charge in [0.1, 0.15) is 30.5 Å². The molecular weight excluding hydrogens is 508 g/mol. The van der Waals surface area contributed by atoms with Gasteiger partial charge in [-0.25, -0.2) is 9.59 Å². The highest BCUT2D eigenvalue weighted by atomic mass is 16.7. The molecule has 2 bridgehead atoms. The molecule has 0 aromatic carbocycles. The molecule has 10 nitrogen and oxygen atoms in total. The monoisotopic (exact) mass is 546 g/mol. The van der Waals surface area contributed by atoms with Crippen LogP contribution in [0.25, 0.3) is 0 Å². The van der Waals surface area contributed by atoms with Gasteiger partial charge >= 0.3 is 11.9 Å². The highest BCUT2D eigenvalue weighted by Gasteiger charge is 2.86. The second kappa shape index (κ2) is 9.22. The van der Waals surface area contributed by atoms with Gasteiger partial charge in [-0.05, 0) is 39.2 Å². The summed E-state index contributed by atoms with van der Waals surface area (Å²) in [6.07, 6.45) is 5.28. The number of epoxide rings is 2. The van der Waals surface area contributed by atoms with E-state index in [-0.39, 0.29) is 37.1 Å². The lowest BCUT2D eigenvalue weighted by Crippen LogP contribution is -2.69. The van der Waals surface area contributed by atoms with Crippen LogP contribution in [0.1, 0.15) is 47.0 Å². The molecule has 0 aromatic heterocycles. The lowest BCUT2D eigenvalue weighted by molar-refractivity contribution is -0.250. The molecule has 5 fully saturated rings. The first-order valence-electron chi connectivity index (χ1n) is 13.8. The van der Waals surface area contributed by atoms with Crippen LogP contribution in [0.4, 0.5) is 0 Å². The van der Waals surface area contributed by atoms with Crippen molar-refractivity contribution in [3.63, 3.8) is 0 Å². The Morgan fingerprint density at radius 3 is 2.54 bits per heavy atom. The number of hydrogen-bond acceptors (Lipinski definition) is 10. The van der Waals surface area contributed by atoms with E-state index >= 15 is 0 Å². The Morgan fingerprint density at radius 1 is 1.05 bits per heavy atom. The number of carbonyl (C=O) groups excluding carboxylic acids is 2. The van der Waals surface area contributed by atoms with Gasteiger partial charge in [0, 0.05) is 24.0 Å². The standard InChI is InChI=1S/C29H38O10/c1-16-11-23(33)35-14-28-10-9-26(3)24(39-26)25(28)38-21-12-20(27(28,4)29(21)15-36-29)37-22(32)8-6-5-7-19(17(2)30)34-13-18(16)31/h5-8,11,17-21,24-25,30-31H,9-10,12-15H2,1-4H3/b7-5+,8-6-,16-11+/t17-,18-,19+,20+,21+,24-,25+,26+,27+,28-,29-/m0/s1. The van der Waals surface area contributed by atoms with Crippen molar-refractivity contribution in [1.29, 1.82) is 0 Å². The molecule has 0 radical (unpaired) electrons. The number of ether oxygens (including phenoxy) is 6. The molecule has 6 rings (SSSR count). The van der Waals surface area contributed by atoms with Crippen LogP contribution in [0.15, 0.2) is 36.0 Å². The maximum atomic E-state index is 13.0. The molecule has 11 atom stereocenters. The van der Waals surface area contributed by atoms with Crippen LogP contribution in [0.2, 0.25) is 0 Å². The average molecular weight is 547 g/mol. The molecule has 0 amide bonds. The fourth-order valence-electron chi connectivity index (χ4n) is 7.55. The molecule has 39 heavy (non-hydrogen) atoms. The molecule has 0 unspecified atom stereocenters. The summed E-state index contributed by atoms with van der Waals surface area (Å²) < 4.78 is 36.7. The molecule has 2 N–H and O–H groups in total. The maximum Gasteiger partial charge on any atom is 0.331 e. The smallest absolute Gasteiger partial charge is 0.331 e. The fraction of sp³-hybridized carbons (Fsp3) is 0.724. The van der Waals surface area contributed by atoms with E-state index in [9.17, 15) is 19.8 Å². The van der Waals surface area contributed by atoms with Gasteiger partial charge in [0.05, 0.1) is 48.6 Å². The fourth-order valence-corrected chi connectivity index (χ4v) is 7.55. The van der Waals surface area contributed by atoms with Crippen molar-refractivity contribution >= 4 is 11.9 Å². The molecule has 4 heterocycles. The molecule has 6 aliphatic rings. The zero-order chi connectivity index (χ0) is 27.8. The maximum absolute atomic E-state index is 13.0. The number of allylic oxidation sites excluding steroid dienone is 2. The van der Waals surface area contributed by atoms with E-state index in [0.717, 1.165) is 6.42 Å². The van der Waals surface area contributed by atoms with E-state index in [1.165, 1.54) is 12.2 Å². The van der Waals surface area contributed by atoms with Crippen LogP contribution in [0.5, 0.6) is 0 Å². The second-order valence-electron chi connectivity index (χ2n) is 12.4. The number of fused-ring (bicyclic) bond motifs is 2. The van der Waals surface area contributed by atoms with Crippen molar-refractivity contribution in [3.05, 3.63) is 36.0 Å². The lowest BCUT2D eigenvalue weighted by Gasteiger charge is -2.58. The minimum absolute atomic E-state index is 0.0356. The Labute approximate surface area is 227 Å². The summed E-state index contributed by atoms with van der Waals surface area (Å²) in [4.78, 5) is 26.0. The van der Waals surface area contributed by atoms with E-state index in [1.54, 1.807) is 32.1 Å². The number of hydrogen-bond donors (Lipinski definition) is 2. The summed E-state index contributed by atoms with van der Waals surface area (Å²) in [6, 6.07) is 0. The Bertz CT molecular complexity index is 1120. The summed E-state index contributed by atoms with van der Waals surface area (Å²) >= 11 is 0. The minimum Gasteiger partial charge on any atom is -0.462 e. The first-order valence-corrected chi connectivity index (χ1v) is 13.8. The summed E-state index contributed by atoms with van der Waals surface area (Å²) in [5, 5.41) is 20.6. The summed E-state index contributed by atoms with van der Waals surface area (Å²) in [5.74, 6) is -1.10. The molecule has 2 aliphatic carbocycles. The molecule has 4 aliphatic heterocycles. The Kier molecular flexibility index (Phi) is 6.41. The van der Waals surface area contributed by atoms with Crippen molar-refractivity contribution in [1.82, 2.24) is 0 Å². The van der Waals surface area contributed by atoms with Gasteiger partial charge < -0.3 is 38.6 Å². The number of carbonyl (C=O) groups is 2. The molecule has 214 valence electrons. The molecular formula is C29H38O10. The second-order valence-corrected chi connectivity index (χ2v) is 12.4. The third-order valence-corrected chi connectivity index (χ3v) is 10.3. The van der Waals surface area contributed by atoms with E-state index in [0.29, 0.717) is 25.0 Å². The van der Waals surface area contributed by atoms with E-state index in [1.807, 2.05) is 0 Å². The molecule has 3 saturated heterocycles. The van der Waals surface area contributed by atoms with Crippen molar-refractivity contribution in [2.24, 2.45) is 10.8 Å². The van der Waals surface area contributed by atoms with Gasteiger partial charge in [-0.2, -0.15) is 0 Å². The lowest BCUT2D eigenvalue weighted by atomic mass is 9.50. The zero-order valence-corrected chi connectivity index (χ0v) is 22.8. The predicted octanol–water partition coefficient (Wildman–Crippen LogP) is 1.52. The SMILES string of the molecule is C/C1=C\C(=O)OC[C@@]23CC[C@@]4(C)O[C@H]4[C@H]2O[C@@H]2C[C@@H](OC(=O)/C=C\C=C\[C@H]([C@H](C)O)OC[C@@H]1O)[C@@]3(C)[C@]21CO1. The molecule has 2 spiro atoms. The van der Waals surface area contributed by atoms with Gasteiger partial charge in [0.2, 0.25) is 0 Å². The quantitative estimate of drug-likeness (QED) is 0.368. The van der Waals surface area contributed by atoms with Gasteiger partial charge in [-0.15, -0.1) is 0 Å². The zero-order valence-electron chi connectivity index (χ0n) is 22.8. The van der Waals surface area contributed by atoms with Crippen LogP contribution in [-0.2, 0) is 38.0 Å². The summed E-state index contributed by atoms with van der Waals surface area (Å²) in [7, 11) is 0. The van der Waals surface area contributed by atoms with E-state index < -0.39 is 52.8 Å². The normalized spacial score (nSPS) is 53.0. The minimum atomic E-state index is -1.07. The number of rotatable bonds is 1. The number of cyclic esters (lactones) is 1. The van der Waals surface area contributed by atoms with Gasteiger partial charge in [0.15, 0.2) is 0 Å². The Balaban J connectivity index is 1.37. The highest BCUT2D eigenvalue weighted by Crippen LogP contribution is 2.75. The van der Waals surface area contributed by atoms with Gasteiger partial charge in [-0.1, -0.05) is 25.2 Å². The van der Waals surface area contributed by atoms with Crippen molar-refractivity contribution in [2.75, 3.05) is 19.8 Å². The Morgan fingerprint density at radius 2 is 1.82 bits per heavy atom. The van der Waals surface area contributed by atoms with Crippen molar-refractivity contribution < 1.29 is 48.2 Å². The Hall–Kier alpha value is -2.08. The first kappa shape index (κ1) is 27.1. The summed E-state index contributed by atoms with van der Waals surface area (Å²) in [5.41, 5.74) is -1.91. The van der Waals surface area contributed by atoms with Crippen LogP contribution in [-0.4, -0.2) is 95.9 Å². The topological polar surface area (TPSA) is 137 Å². The first-order chi connectivity index (χ1) is 18.5. The molecule has 0 aromatic rings. The van der Waals surface area contributed by atoms with Crippen LogP contribution in [0, 0.1) is 10.8 Å². The van der Waals surface area contributed by atoms with Crippen molar-refractivity contribution in [2.45, 2.75) is 101 Å². The number of esters is 2. The number of aliphatic hydroxyl groups excluding tert-OH is 2.